The summed E-state index contributed by atoms with van der Waals surface area (Å²) >= 11 is 0. The second kappa shape index (κ2) is 10.6. The molecule has 0 saturated carbocycles. The molecule has 0 bridgehead atoms. The minimum Gasteiger partial charge on any atom is -0.351 e. The number of nitrogens with one attached hydrogen (secondary N) is 1. The number of carbonyl (C=O) groups is 1. The zero-order chi connectivity index (χ0) is 24.8. The molecular formula is C26H25FN4O3S. The van der Waals surface area contributed by atoms with E-state index in [1.54, 1.807) is 0 Å². The van der Waals surface area contributed by atoms with Crippen molar-refractivity contribution < 1.29 is 17.6 Å². The minimum absolute atomic E-state index is 0.0808. The maximum absolute atomic E-state index is 13.1. The van der Waals surface area contributed by atoms with Crippen LogP contribution in [0.25, 0.3) is 11.3 Å². The van der Waals surface area contributed by atoms with Gasteiger partial charge in [0.1, 0.15) is 5.82 Å². The molecule has 1 heterocycles. The molecule has 0 aliphatic heterocycles. The lowest BCUT2D eigenvalue weighted by Gasteiger charge is -2.17. The summed E-state index contributed by atoms with van der Waals surface area (Å²) in [5.74, 6) is -1.00. The maximum atomic E-state index is 13.1. The zero-order valence-electron chi connectivity index (χ0n) is 19.1. The van der Waals surface area contributed by atoms with Gasteiger partial charge < -0.3 is 5.32 Å². The highest BCUT2D eigenvalue weighted by atomic mass is 32.2. The Bertz CT molecular complexity index is 1390. The molecule has 1 amide bonds. The van der Waals surface area contributed by atoms with Gasteiger partial charge in [0.05, 0.1) is 23.7 Å². The fraction of sp³-hybridized carbons (Fsp3) is 0.154. The average molecular weight is 493 g/mol. The number of likely N-dealkylation sites (N-methyl/N-ethyl adjacent to an activating group) is 1. The largest absolute Gasteiger partial charge is 0.351 e. The van der Waals surface area contributed by atoms with Gasteiger partial charge in [-0.3, -0.25) is 9.48 Å². The van der Waals surface area contributed by atoms with Crippen LogP contribution in [0.4, 0.5) is 4.39 Å². The van der Waals surface area contributed by atoms with Crippen LogP contribution in [0, 0.1) is 5.82 Å². The lowest BCUT2D eigenvalue weighted by Crippen LogP contribution is -2.38. The molecule has 0 aliphatic rings. The molecule has 0 saturated heterocycles. The lowest BCUT2D eigenvalue weighted by molar-refractivity contribution is -0.121. The number of sulfonamides is 1. The molecule has 9 heteroatoms. The first-order valence-corrected chi connectivity index (χ1v) is 12.4. The Kier molecular flexibility index (Phi) is 7.38. The van der Waals surface area contributed by atoms with Gasteiger partial charge >= 0.3 is 0 Å². The van der Waals surface area contributed by atoms with Gasteiger partial charge in [-0.2, -0.15) is 9.40 Å². The van der Waals surface area contributed by atoms with Gasteiger partial charge in [0, 0.05) is 30.9 Å². The first kappa shape index (κ1) is 24.3. The van der Waals surface area contributed by atoms with E-state index in [4.69, 9.17) is 5.10 Å². The van der Waals surface area contributed by atoms with Gasteiger partial charge in [-0.1, -0.05) is 60.7 Å². The number of carbonyl (C=O) groups excluding carboxylic acids is 1. The van der Waals surface area contributed by atoms with Crippen molar-refractivity contribution in [2.24, 2.45) is 0 Å². The van der Waals surface area contributed by atoms with E-state index in [0.717, 1.165) is 38.8 Å². The average Bonchev–Trinajstić information content (AvgIpc) is 3.26. The monoisotopic (exact) mass is 492 g/mol. The third-order valence-electron chi connectivity index (χ3n) is 5.44. The summed E-state index contributed by atoms with van der Waals surface area (Å²) in [6.07, 6.45) is 1.88. The number of benzene rings is 3. The Morgan fingerprint density at radius 2 is 1.60 bits per heavy atom. The van der Waals surface area contributed by atoms with Crippen molar-refractivity contribution in [2.75, 3.05) is 13.6 Å². The van der Waals surface area contributed by atoms with Crippen LogP contribution in [0.1, 0.15) is 11.1 Å². The Morgan fingerprint density at radius 1 is 0.971 bits per heavy atom. The van der Waals surface area contributed by atoms with E-state index < -0.39 is 21.7 Å². The highest BCUT2D eigenvalue weighted by Gasteiger charge is 2.23. The molecular weight excluding hydrogens is 467 g/mol. The highest BCUT2D eigenvalue weighted by molar-refractivity contribution is 7.89. The zero-order valence-corrected chi connectivity index (χ0v) is 20.0. The van der Waals surface area contributed by atoms with Crippen molar-refractivity contribution in [3.63, 3.8) is 0 Å². The lowest BCUT2D eigenvalue weighted by atomic mass is 10.1. The first-order valence-electron chi connectivity index (χ1n) is 11.0. The van der Waals surface area contributed by atoms with Crippen LogP contribution in [0.5, 0.6) is 0 Å². The summed E-state index contributed by atoms with van der Waals surface area (Å²) in [5, 5.41) is 7.52. The Labute approximate surface area is 203 Å². The maximum Gasteiger partial charge on any atom is 0.243 e. The summed E-state index contributed by atoms with van der Waals surface area (Å²) in [7, 11) is -2.61. The second-order valence-electron chi connectivity index (χ2n) is 8.04. The van der Waals surface area contributed by atoms with Crippen LogP contribution in [0.3, 0.4) is 0 Å². The number of halogens is 1. The van der Waals surface area contributed by atoms with Crippen molar-refractivity contribution >= 4 is 15.9 Å². The van der Waals surface area contributed by atoms with Crippen molar-refractivity contribution in [3.05, 3.63) is 108 Å². The predicted molar refractivity (Wildman–Crippen MR) is 131 cm³/mol. The third kappa shape index (κ3) is 6.00. The van der Waals surface area contributed by atoms with Crippen molar-refractivity contribution in [2.45, 2.75) is 18.0 Å². The summed E-state index contributed by atoms with van der Waals surface area (Å²) in [6.45, 7) is 0.383. The molecule has 0 radical (unpaired) electrons. The number of hydrogen-bond donors (Lipinski definition) is 1. The van der Waals surface area contributed by atoms with E-state index in [0.29, 0.717) is 6.54 Å². The van der Waals surface area contributed by atoms with Crippen LogP contribution < -0.4 is 5.32 Å². The molecule has 180 valence electrons. The summed E-state index contributed by atoms with van der Waals surface area (Å²) in [5.41, 5.74) is 3.57. The molecule has 4 rings (SSSR count). The molecule has 1 aromatic heterocycles. The van der Waals surface area contributed by atoms with Crippen LogP contribution in [-0.4, -0.2) is 42.0 Å². The first-order chi connectivity index (χ1) is 16.8. The number of amides is 1. The molecule has 0 fully saturated rings. The Morgan fingerprint density at radius 3 is 2.26 bits per heavy atom. The van der Waals surface area contributed by atoms with Gasteiger partial charge in [-0.15, -0.1) is 0 Å². The van der Waals surface area contributed by atoms with Gasteiger partial charge in [0.2, 0.25) is 15.9 Å². The topological polar surface area (TPSA) is 84.3 Å². The highest BCUT2D eigenvalue weighted by Crippen LogP contribution is 2.22. The minimum atomic E-state index is -3.93. The fourth-order valence-corrected chi connectivity index (χ4v) is 4.73. The number of hydrogen-bond acceptors (Lipinski definition) is 4. The molecule has 3 aromatic carbocycles. The Balaban J connectivity index is 1.47. The van der Waals surface area contributed by atoms with Gasteiger partial charge in [0.25, 0.3) is 0 Å². The quantitative estimate of drug-likeness (QED) is 0.386. The molecule has 0 atom stereocenters. The smallest absolute Gasteiger partial charge is 0.243 e. The Hall–Kier alpha value is -3.82. The fourth-order valence-electron chi connectivity index (χ4n) is 3.61. The second-order valence-corrected chi connectivity index (χ2v) is 10.1. The molecule has 7 nitrogen and oxygen atoms in total. The summed E-state index contributed by atoms with van der Waals surface area (Å²) < 4.78 is 41.3. The molecule has 1 N–H and O–H groups in total. The summed E-state index contributed by atoms with van der Waals surface area (Å²) in [4.78, 5) is 12.5. The van der Waals surface area contributed by atoms with E-state index in [9.17, 15) is 17.6 Å². The van der Waals surface area contributed by atoms with Gasteiger partial charge in [-0.25, -0.2) is 12.8 Å². The molecule has 35 heavy (non-hydrogen) atoms. The normalized spacial score (nSPS) is 11.5. The number of rotatable bonds is 9. The predicted octanol–water partition coefficient (Wildman–Crippen LogP) is 3.67. The van der Waals surface area contributed by atoms with E-state index >= 15 is 0 Å². The van der Waals surface area contributed by atoms with Crippen LogP contribution in [0.15, 0.2) is 96.0 Å². The van der Waals surface area contributed by atoms with Gasteiger partial charge in [0.15, 0.2) is 0 Å². The number of nitrogens with zero attached hydrogens (tertiary/aromatic N) is 3. The molecule has 0 spiro atoms. The van der Waals surface area contributed by atoms with E-state index in [-0.39, 0.29) is 18.0 Å². The standard InChI is InChI=1S/C26H25FN4O3S/c1-30(35(33,34)24-14-12-23(27)13-15-24)19-25(32)28-16-22-18-31(17-20-8-4-2-5-9-20)29-26(22)21-10-6-3-7-11-21/h2-15,18H,16-17,19H2,1H3,(H,28,32). The summed E-state index contributed by atoms with van der Waals surface area (Å²) in [6, 6.07) is 24.1. The van der Waals surface area contributed by atoms with E-state index in [1.165, 1.54) is 19.2 Å². The molecule has 4 aromatic rings. The molecule has 0 unspecified atom stereocenters. The van der Waals surface area contributed by atoms with Gasteiger partial charge in [-0.05, 0) is 29.8 Å². The van der Waals surface area contributed by atoms with Crippen molar-refractivity contribution in [1.29, 1.82) is 0 Å². The van der Waals surface area contributed by atoms with Crippen molar-refractivity contribution in [1.82, 2.24) is 19.4 Å². The van der Waals surface area contributed by atoms with Crippen molar-refractivity contribution in [3.8, 4) is 11.3 Å². The van der Waals surface area contributed by atoms with E-state index in [2.05, 4.69) is 5.32 Å². The number of aromatic nitrogens is 2. The molecule has 0 aliphatic carbocycles. The third-order valence-corrected chi connectivity index (χ3v) is 7.25. The van der Waals surface area contributed by atoms with Crippen LogP contribution >= 0.6 is 0 Å². The van der Waals surface area contributed by atoms with Crippen LogP contribution in [-0.2, 0) is 27.9 Å². The SMILES string of the molecule is CN(CC(=O)NCc1cn(Cc2ccccc2)nc1-c1ccccc1)S(=O)(=O)c1ccc(F)cc1. The van der Waals surface area contributed by atoms with E-state index in [1.807, 2.05) is 71.5 Å². The van der Waals surface area contributed by atoms with Crippen LogP contribution in [0.2, 0.25) is 0 Å².